The second-order valence-corrected chi connectivity index (χ2v) is 9.25. The first kappa shape index (κ1) is 23.0. The largest absolute Gasteiger partial charge is 0.399 e. The van der Waals surface area contributed by atoms with E-state index in [0.29, 0.717) is 33.2 Å². The Labute approximate surface area is 209 Å². The second kappa shape index (κ2) is 9.44. The fourth-order valence-corrected chi connectivity index (χ4v) is 4.53. The Kier molecular flexibility index (Phi) is 6.19. The SMILES string of the molecule is CN1CCN(C(=O)c2ccc(N/C(=C3\C(=O)Nc4cc(Cl)ccc43)c3ccc(N)cc3)cc2)CC1. The lowest BCUT2D eigenvalue weighted by atomic mass is 9.99. The maximum atomic E-state index is 13.0. The van der Waals surface area contributed by atoms with Crippen molar-refractivity contribution in [1.82, 2.24) is 9.80 Å². The van der Waals surface area contributed by atoms with Crippen LogP contribution in [0.15, 0.2) is 66.7 Å². The minimum atomic E-state index is -0.219. The summed E-state index contributed by atoms with van der Waals surface area (Å²) in [6, 6.07) is 20.0. The number of carbonyl (C=O) groups is 2. The molecule has 2 heterocycles. The quantitative estimate of drug-likeness (QED) is 0.378. The number of piperazine rings is 1. The zero-order valence-corrected chi connectivity index (χ0v) is 20.1. The molecule has 5 rings (SSSR count). The van der Waals surface area contributed by atoms with Crippen LogP contribution in [0.1, 0.15) is 21.5 Å². The van der Waals surface area contributed by atoms with Gasteiger partial charge in [-0.15, -0.1) is 0 Å². The van der Waals surface area contributed by atoms with Crippen LogP contribution in [0.2, 0.25) is 5.02 Å². The van der Waals surface area contributed by atoms with E-state index in [2.05, 4.69) is 22.6 Å². The van der Waals surface area contributed by atoms with Gasteiger partial charge in [-0.2, -0.15) is 0 Å². The maximum absolute atomic E-state index is 13.0. The molecular weight excluding hydrogens is 462 g/mol. The number of likely N-dealkylation sites (N-methyl/N-ethyl adjacent to an activating group) is 1. The number of amides is 2. The van der Waals surface area contributed by atoms with Crippen molar-refractivity contribution in [2.45, 2.75) is 0 Å². The first-order valence-corrected chi connectivity index (χ1v) is 11.8. The first-order chi connectivity index (χ1) is 16.9. The van der Waals surface area contributed by atoms with Crippen LogP contribution in [0.5, 0.6) is 0 Å². The summed E-state index contributed by atoms with van der Waals surface area (Å²) in [6.45, 7) is 3.19. The number of nitrogen functional groups attached to an aromatic ring is 1. The average Bonchev–Trinajstić information content (AvgIpc) is 3.18. The van der Waals surface area contributed by atoms with Gasteiger partial charge in [0, 0.05) is 53.7 Å². The Hall–Kier alpha value is -3.81. The molecule has 2 amide bonds. The smallest absolute Gasteiger partial charge is 0.258 e. The molecule has 1 fully saturated rings. The summed E-state index contributed by atoms with van der Waals surface area (Å²) >= 11 is 6.14. The Balaban J connectivity index is 1.48. The summed E-state index contributed by atoms with van der Waals surface area (Å²) in [5, 5.41) is 6.86. The van der Waals surface area contributed by atoms with E-state index < -0.39 is 0 Å². The standard InChI is InChI=1S/C27H26ClN5O2/c1-32-12-14-33(15-13-32)27(35)18-4-9-21(10-5-18)30-25(17-2-7-20(29)8-3-17)24-22-11-6-19(28)16-23(22)31-26(24)34/h2-11,16,30H,12-15,29H2,1H3,(H,31,34)/b25-24-. The second-order valence-electron chi connectivity index (χ2n) is 8.81. The number of hydrogen-bond acceptors (Lipinski definition) is 5. The minimum Gasteiger partial charge on any atom is -0.399 e. The Bertz CT molecular complexity index is 1310. The van der Waals surface area contributed by atoms with E-state index in [9.17, 15) is 9.59 Å². The van der Waals surface area contributed by atoms with Gasteiger partial charge in [0.1, 0.15) is 0 Å². The van der Waals surface area contributed by atoms with Crippen molar-refractivity contribution < 1.29 is 9.59 Å². The topological polar surface area (TPSA) is 90.7 Å². The number of halogens is 1. The fraction of sp³-hybridized carbons (Fsp3) is 0.185. The molecule has 0 unspecified atom stereocenters. The van der Waals surface area contributed by atoms with Crippen LogP contribution in [0.4, 0.5) is 17.1 Å². The Morgan fingerprint density at radius 3 is 2.29 bits per heavy atom. The molecule has 35 heavy (non-hydrogen) atoms. The monoisotopic (exact) mass is 487 g/mol. The zero-order chi connectivity index (χ0) is 24.5. The number of rotatable bonds is 4. The maximum Gasteiger partial charge on any atom is 0.258 e. The van der Waals surface area contributed by atoms with Crippen LogP contribution in [0.3, 0.4) is 0 Å². The molecule has 2 aliphatic heterocycles. The summed E-state index contributed by atoms with van der Waals surface area (Å²) < 4.78 is 0. The Morgan fingerprint density at radius 1 is 0.943 bits per heavy atom. The summed E-state index contributed by atoms with van der Waals surface area (Å²) in [6.07, 6.45) is 0. The van der Waals surface area contributed by atoms with Gasteiger partial charge in [0.25, 0.3) is 11.8 Å². The molecule has 0 atom stereocenters. The van der Waals surface area contributed by atoms with E-state index >= 15 is 0 Å². The van der Waals surface area contributed by atoms with Crippen LogP contribution in [-0.2, 0) is 4.79 Å². The van der Waals surface area contributed by atoms with Crippen molar-refractivity contribution >= 4 is 51.7 Å². The zero-order valence-electron chi connectivity index (χ0n) is 19.3. The highest BCUT2D eigenvalue weighted by molar-refractivity contribution is 6.38. The molecule has 0 aromatic heterocycles. The van der Waals surface area contributed by atoms with E-state index in [0.717, 1.165) is 43.0 Å². The molecule has 4 N–H and O–H groups in total. The Morgan fingerprint density at radius 2 is 1.60 bits per heavy atom. The molecule has 0 bridgehead atoms. The van der Waals surface area contributed by atoms with Gasteiger partial charge in [0.2, 0.25) is 0 Å². The number of fused-ring (bicyclic) bond motifs is 1. The van der Waals surface area contributed by atoms with Crippen LogP contribution in [0.25, 0.3) is 11.3 Å². The van der Waals surface area contributed by atoms with E-state index in [1.165, 1.54) is 0 Å². The van der Waals surface area contributed by atoms with Crippen molar-refractivity contribution in [3.8, 4) is 0 Å². The predicted octanol–water partition coefficient (Wildman–Crippen LogP) is 4.24. The van der Waals surface area contributed by atoms with E-state index in [1.807, 2.05) is 47.4 Å². The normalized spacial score (nSPS) is 17.1. The van der Waals surface area contributed by atoms with Crippen LogP contribution < -0.4 is 16.4 Å². The molecule has 0 radical (unpaired) electrons. The van der Waals surface area contributed by atoms with Gasteiger partial charge in [-0.05, 0) is 61.1 Å². The molecule has 3 aromatic carbocycles. The van der Waals surface area contributed by atoms with Crippen LogP contribution in [-0.4, -0.2) is 54.8 Å². The molecule has 178 valence electrons. The highest BCUT2D eigenvalue weighted by atomic mass is 35.5. The molecule has 7 nitrogen and oxygen atoms in total. The number of anilines is 3. The van der Waals surface area contributed by atoms with Crippen LogP contribution in [0, 0.1) is 0 Å². The number of hydrogen-bond donors (Lipinski definition) is 3. The van der Waals surface area contributed by atoms with E-state index in [4.69, 9.17) is 17.3 Å². The van der Waals surface area contributed by atoms with Gasteiger partial charge in [-0.1, -0.05) is 29.8 Å². The molecule has 0 spiro atoms. The molecule has 0 saturated carbocycles. The third kappa shape index (κ3) is 4.73. The van der Waals surface area contributed by atoms with Gasteiger partial charge in [-0.25, -0.2) is 0 Å². The predicted molar refractivity (Wildman–Crippen MR) is 141 cm³/mol. The van der Waals surface area contributed by atoms with Gasteiger partial charge >= 0.3 is 0 Å². The van der Waals surface area contributed by atoms with E-state index in [-0.39, 0.29) is 11.8 Å². The lowest BCUT2D eigenvalue weighted by Crippen LogP contribution is -2.47. The summed E-state index contributed by atoms with van der Waals surface area (Å²) in [5.41, 5.74) is 11.3. The number of nitrogens with zero attached hydrogens (tertiary/aromatic N) is 2. The summed E-state index contributed by atoms with van der Waals surface area (Å²) in [4.78, 5) is 30.0. The van der Waals surface area contributed by atoms with Gasteiger partial charge in [0.15, 0.2) is 0 Å². The van der Waals surface area contributed by atoms with Crippen molar-refractivity contribution in [3.63, 3.8) is 0 Å². The number of nitrogens with one attached hydrogen (secondary N) is 2. The first-order valence-electron chi connectivity index (χ1n) is 11.5. The van der Waals surface area contributed by atoms with Gasteiger partial charge in [-0.3, -0.25) is 9.59 Å². The molecule has 3 aromatic rings. The van der Waals surface area contributed by atoms with Crippen molar-refractivity contribution in [1.29, 1.82) is 0 Å². The number of nitrogens with two attached hydrogens (primary N) is 1. The highest BCUT2D eigenvalue weighted by Crippen LogP contribution is 2.38. The highest BCUT2D eigenvalue weighted by Gasteiger charge is 2.29. The number of benzene rings is 3. The van der Waals surface area contributed by atoms with Gasteiger partial charge < -0.3 is 26.2 Å². The van der Waals surface area contributed by atoms with Crippen molar-refractivity contribution in [2.24, 2.45) is 0 Å². The molecular formula is C27H26ClN5O2. The average molecular weight is 488 g/mol. The van der Waals surface area contributed by atoms with Crippen molar-refractivity contribution in [2.75, 3.05) is 49.6 Å². The lowest BCUT2D eigenvalue weighted by Gasteiger charge is -2.32. The van der Waals surface area contributed by atoms with E-state index in [1.54, 1.807) is 24.3 Å². The van der Waals surface area contributed by atoms with Crippen LogP contribution >= 0.6 is 11.6 Å². The summed E-state index contributed by atoms with van der Waals surface area (Å²) in [5.74, 6) is -0.189. The summed E-state index contributed by atoms with van der Waals surface area (Å²) in [7, 11) is 2.06. The minimum absolute atomic E-state index is 0.0303. The van der Waals surface area contributed by atoms with Crippen molar-refractivity contribution in [3.05, 3.63) is 88.4 Å². The lowest BCUT2D eigenvalue weighted by molar-refractivity contribution is -0.110. The third-order valence-electron chi connectivity index (χ3n) is 6.37. The molecule has 1 saturated heterocycles. The van der Waals surface area contributed by atoms with Gasteiger partial charge in [0.05, 0.1) is 17.0 Å². The third-order valence-corrected chi connectivity index (χ3v) is 6.60. The molecule has 8 heteroatoms. The molecule has 2 aliphatic rings. The fourth-order valence-electron chi connectivity index (χ4n) is 4.35. The number of carbonyl (C=O) groups excluding carboxylic acids is 2. The molecule has 0 aliphatic carbocycles.